The van der Waals surface area contributed by atoms with Crippen molar-refractivity contribution in [3.05, 3.63) is 17.9 Å². The first-order chi connectivity index (χ1) is 10.2. The number of hydrogen-bond donors (Lipinski definition) is 1. The average Bonchev–Trinajstić information content (AvgIpc) is 2.47. The number of methoxy groups -OCH3 is 1. The number of nitrogen functional groups attached to an aromatic ring is 1. The molecule has 0 spiro atoms. The normalized spacial score (nSPS) is 10.6. The van der Waals surface area contributed by atoms with Crippen LogP contribution in [0.15, 0.2) is 12.1 Å². The lowest BCUT2D eigenvalue weighted by Gasteiger charge is -2.12. The number of halogens is 1. The molecule has 0 amide bonds. The second-order valence-electron chi connectivity index (χ2n) is 4.48. The first kappa shape index (κ1) is 17.5. The molecule has 21 heavy (non-hydrogen) atoms. The summed E-state index contributed by atoms with van der Waals surface area (Å²) >= 11 is 0. The zero-order valence-corrected chi connectivity index (χ0v) is 12.7. The summed E-state index contributed by atoms with van der Waals surface area (Å²) in [6.45, 7) is 4.46. The van der Waals surface area contributed by atoms with E-state index in [2.05, 4.69) is 0 Å². The lowest BCUT2D eigenvalue weighted by atomic mass is 10.2. The Kier molecular flexibility index (Phi) is 8.54. The molecular formula is C15H24FNO4. The van der Waals surface area contributed by atoms with Crippen molar-refractivity contribution in [2.75, 3.05) is 45.9 Å². The molecular weight excluding hydrogens is 277 g/mol. The van der Waals surface area contributed by atoms with Gasteiger partial charge in [0.25, 0.3) is 0 Å². The fraction of sp³-hybridized carbons (Fsp3) is 0.600. The van der Waals surface area contributed by atoms with E-state index in [-0.39, 0.29) is 11.4 Å². The Morgan fingerprint density at radius 3 is 2.48 bits per heavy atom. The van der Waals surface area contributed by atoms with Crippen molar-refractivity contribution in [1.29, 1.82) is 0 Å². The summed E-state index contributed by atoms with van der Waals surface area (Å²) in [4.78, 5) is 0. The van der Waals surface area contributed by atoms with Crippen LogP contribution in [0.1, 0.15) is 19.8 Å². The molecule has 0 aromatic heterocycles. The molecule has 0 aliphatic carbocycles. The second kappa shape index (κ2) is 10.2. The lowest BCUT2D eigenvalue weighted by Crippen LogP contribution is -2.10. The summed E-state index contributed by atoms with van der Waals surface area (Å²) in [6.07, 6.45) is 1.64. The van der Waals surface area contributed by atoms with E-state index < -0.39 is 5.82 Å². The number of hydrogen-bond acceptors (Lipinski definition) is 5. The van der Waals surface area contributed by atoms with Crippen molar-refractivity contribution in [2.45, 2.75) is 19.8 Å². The van der Waals surface area contributed by atoms with E-state index >= 15 is 0 Å². The molecule has 0 bridgehead atoms. The van der Waals surface area contributed by atoms with Crippen LogP contribution in [0.25, 0.3) is 0 Å². The second-order valence-corrected chi connectivity index (χ2v) is 4.48. The predicted molar refractivity (Wildman–Crippen MR) is 79.4 cm³/mol. The Bertz CT molecular complexity index is 415. The summed E-state index contributed by atoms with van der Waals surface area (Å²) in [5.41, 5.74) is 5.97. The monoisotopic (exact) mass is 301 g/mol. The van der Waals surface area contributed by atoms with E-state index in [9.17, 15) is 4.39 Å². The quantitative estimate of drug-likeness (QED) is 0.503. The molecule has 1 aromatic carbocycles. The minimum atomic E-state index is -0.482. The zero-order valence-electron chi connectivity index (χ0n) is 12.7. The van der Waals surface area contributed by atoms with E-state index in [4.69, 9.17) is 24.7 Å². The molecule has 0 unspecified atom stereocenters. The number of benzene rings is 1. The molecule has 0 aliphatic heterocycles. The highest BCUT2D eigenvalue weighted by atomic mass is 19.1. The third-order valence-corrected chi connectivity index (χ3v) is 2.65. The van der Waals surface area contributed by atoms with Gasteiger partial charge in [-0.1, -0.05) is 6.92 Å². The van der Waals surface area contributed by atoms with E-state index in [1.165, 1.54) is 12.1 Å². The van der Waals surface area contributed by atoms with Gasteiger partial charge in [-0.3, -0.25) is 0 Å². The van der Waals surface area contributed by atoms with Crippen LogP contribution in [0.2, 0.25) is 0 Å². The van der Waals surface area contributed by atoms with Crippen LogP contribution in [0, 0.1) is 5.82 Å². The number of rotatable bonds is 11. The van der Waals surface area contributed by atoms with E-state index in [1.807, 2.05) is 6.92 Å². The van der Waals surface area contributed by atoms with Crippen molar-refractivity contribution in [3.63, 3.8) is 0 Å². The molecule has 0 saturated carbocycles. The maximum Gasteiger partial charge on any atom is 0.167 e. The van der Waals surface area contributed by atoms with Gasteiger partial charge in [-0.15, -0.1) is 0 Å². The minimum absolute atomic E-state index is 0.155. The first-order valence-electron chi connectivity index (χ1n) is 7.10. The maximum absolute atomic E-state index is 13.6. The molecule has 2 N–H and O–H groups in total. The summed E-state index contributed by atoms with van der Waals surface area (Å²) in [5, 5.41) is 0. The summed E-state index contributed by atoms with van der Waals surface area (Å²) < 4.78 is 34.7. The van der Waals surface area contributed by atoms with Gasteiger partial charge in [-0.2, -0.15) is 0 Å². The van der Waals surface area contributed by atoms with Gasteiger partial charge in [0.15, 0.2) is 11.6 Å². The molecule has 120 valence electrons. The average molecular weight is 301 g/mol. The Morgan fingerprint density at radius 2 is 1.76 bits per heavy atom. The maximum atomic E-state index is 13.6. The van der Waals surface area contributed by atoms with Crippen LogP contribution in [-0.2, 0) is 9.47 Å². The van der Waals surface area contributed by atoms with Crippen LogP contribution in [0.4, 0.5) is 10.1 Å². The Hall–Kier alpha value is -1.53. The molecule has 0 fully saturated rings. The van der Waals surface area contributed by atoms with E-state index in [1.54, 1.807) is 7.11 Å². The van der Waals surface area contributed by atoms with Gasteiger partial charge in [0.1, 0.15) is 12.4 Å². The molecule has 0 aliphatic rings. The fourth-order valence-corrected chi connectivity index (χ4v) is 1.62. The van der Waals surface area contributed by atoms with Crippen molar-refractivity contribution in [1.82, 2.24) is 0 Å². The molecule has 1 rings (SSSR count). The SMILES string of the molecule is CCCOc1cc(OCCOCCCOC)c(N)cc1F. The number of anilines is 1. The smallest absolute Gasteiger partial charge is 0.167 e. The van der Waals surface area contributed by atoms with Crippen molar-refractivity contribution in [3.8, 4) is 11.5 Å². The number of ether oxygens (including phenoxy) is 4. The van der Waals surface area contributed by atoms with Gasteiger partial charge in [-0.25, -0.2) is 4.39 Å². The highest BCUT2D eigenvalue weighted by Gasteiger charge is 2.10. The molecule has 1 aromatic rings. The Balaban J connectivity index is 2.39. The summed E-state index contributed by atoms with van der Waals surface area (Å²) in [6, 6.07) is 2.69. The molecule has 0 saturated heterocycles. The van der Waals surface area contributed by atoms with Crippen LogP contribution >= 0.6 is 0 Å². The largest absolute Gasteiger partial charge is 0.490 e. The fourth-order valence-electron chi connectivity index (χ4n) is 1.62. The van der Waals surface area contributed by atoms with E-state index in [0.717, 1.165) is 12.8 Å². The molecule has 0 radical (unpaired) electrons. The third-order valence-electron chi connectivity index (χ3n) is 2.65. The molecule has 5 nitrogen and oxygen atoms in total. The Morgan fingerprint density at radius 1 is 1.00 bits per heavy atom. The Labute approximate surface area is 125 Å². The highest BCUT2D eigenvalue weighted by Crippen LogP contribution is 2.30. The van der Waals surface area contributed by atoms with Crippen molar-refractivity contribution >= 4 is 5.69 Å². The highest BCUT2D eigenvalue weighted by molar-refractivity contribution is 5.56. The van der Waals surface area contributed by atoms with Crippen LogP contribution in [0.5, 0.6) is 11.5 Å². The van der Waals surface area contributed by atoms with Gasteiger partial charge >= 0.3 is 0 Å². The standard InChI is InChI=1S/C15H24FNO4/c1-3-5-20-14-11-15(13(17)10-12(14)16)21-9-8-19-7-4-6-18-2/h10-11H,3-9,17H2,1-2H3. The van der Waals surface area contributed by atoms with Gasteiger partial charge in [0.2, 0.25) is 0 Å². The third kappa shape index (κ3) is 6.64. The van der Waals surface area contributed by atoms with Crippen molar-refractivity contribution < 1.29 is 23.3 Å². The molecule has 6 heteroatoms. The topological polar surface area (TPSA) is 62.9 Å². The summed E-state index contributed by atoms with van der Waals surface area (Å²) in [5.74, 6) is 0.0779. The van der Waals surface area contributed by atoms with Gasteiger partial charge in [0, 0.05) is 32.5 Å². The van der Waals surface area contributed by atoms with Gasteiger partial charge in [-0.05, 0) is 12.8 Å². The van der Waals surface area contributed by atoms with Gasteiger partial charge < -0.3 is 24.7 Å². The minimum Gasteiger partial charge on any atom is -0.490 e. The van der Waals surface area contributed by atoms with E-state index in [0.29, 0.717) is 38.8 Å². The van der Waals surface area contributed by atoms with Crippen LogP contribution in [0.3, 0.4) is 0 Å². The lowest BCUT2D eigenvalue weighted by molar-refractivity contribution is 0.0807. The number of nitrogens with two attached hydrogens (primary N) is 1. The van der Waals surface area contributed by atoms with Crippen LogP contribution < -0.4 is 15.2 Å². The predicted octanol–water partition coefficient (Wildman–Crippen LogP) is 2.63. The molecule has 0 atom stereocenters. The zero-order chi connectivity index (χ0) is 15.5. The van der Waals surface area contributed by atoms with Gasteiger partial charge in [0.05, 0.1) is 18.9 Å². The van der Waals surface area contributed by atoms with Crippen molar-refractivity contribution in [2.24, 2.45) is 0 Å². The first-order valence-corrected chi connectivity index (χ1v) is 7.10. The van der Waals surface area contributed by atoms with Crippen LogP contribution in [-0.4, -0.2) is 40.1 Å². The molecule has 0 heterocycles. The summed E-state index contributed by atoms with van der Waals surface area (Å²) in [7, 11) is 1.65.